The fourth-order valence-corrected chi connectivity index (χ4v) is 2.93. The zero-order chi connectivity index (χ0) is 17.2. The number of H-pyrrole nitrogens is 1. The highest BCUT2D eigenvalue weighted by molar-refractivity contribution is 6.31. The van der Waals surface area contributed by atoms with Gasteiger partial charge in [0.05, 0.1) is 10.7 Å². The van der Waals surface area contributed by atoms with Gasteiger partial charge in [-0.05, 0) is 30.7 Å². The minimum absolute atomic E-state index is 0. The number of halogens is 1. The molecule has 4 nitrogen and oxygen atoms in total. The highest BCUT2D eigenvalue weighted by Gasteiger charge is 2.09. The average Bonchev–Trinajstić information content (AvgIpc) is 3.04. The van der Waals surface area contributed by atoms with Gasteiger partial charge in [0, 0.05) is 32.7 Å². The molecule has 0 amide bonds. The van der Waals surface area contributed by atoms with Gasteiger partial charge in [0.1, 0.15) is 11.5 Å². The van der Waals surface area contributed by atoms with Crippen molar-refractivity contribution in [1.82, 2.24) is 15.0 Å². The monoisotopic (exact) mass is 352 g/mol. The maximum Gasteiger partial charge on any atom is 0.138 e. The number of nitrogens with one attached hydrogen (secondary N) is 2. The van der Waals surface area contributed by atoms with Gasteiger partial charge in [0.25, 0.3) is 0 Å². The van der Waals surface area contributed by atoms with Crippen molar-refractivity contribution < 1.29 is 2.85 Å². The number of aromatic amines is 1. The fraction of sp³-hybridized carbons (Fsp3) is 0.100. The Bertz CT molecular complexity index is 1030. The average molecular weight is 353 g/mol. The molecule has 0 radical (unpaired) electrons. The van der Waals surface area contributed by atoms with E-state index >= 15 is 0 Å². The normalized spacial score (nSPS) is 11.0. The molecule has 3 aromatic heterocycles. The van der Waals surface area contributed by atoms with Crippen LogP contribution in [0.25, 0.3) is 22.3 Å². The van der Waals surface area contributed by atoms with Crippen molar-refractivity contribution in [2.24, 2.45) is 0 Å². The summed E-state index contributed by atoms with van der Waals surface area (Å²) in [4.78, 5) is 12.2. The molecule has 1 aromatic carbocycles. The van der Waals surface area contributed by atoms with Crippen LogP contribution in [0.4, 0.5) is 5.82 Å². The largest absolute Gasteiger partial charge is 0.366 e. The van der Waals surface area contributed by atoms with Crippen LogP contribution in [0.15, 0.2) is 60.9 Å². The lowest BCUT2D eigenvalue weighted by molar-refractivity contribution is 1.11. The molecule has 0 saturated carbocycles. The highest BCUT2D eigenvalue weighted by Crippen LogP contribution is 2.28. The predicted molar refractivity (Wildman–Crippen MR) is 107 cm³/mol. The molecule has 25 heavy (non-hydrogen) atoms. The summed E-state index contributed by atoms with van der Waals surface area (Å²) < 4.78 is 0. The Morgan fingerprint density at radius 1 is 1.16 bits per heavy atom. The molecule has 3 heterocycles. The van der Waals surface area contributed by atoms with E-state index in [1.807, 2.05) is 30.5 Å². The Balaban J connectivity index is 0.00000131. The van der Waals surface area contributed by atoms with Crippen LogP contribution in [0.2, 0.25) is 5.02 Å². The second-order valence-corrected chi connectivity index (χ2v) is 6.44. The summed E-state index contributed by atoms with van der Waals surface area (Å²) in [5, 5.41) is 4.96. The van der Waals surface area contributed by atoms with Gasteiger partial charge in [-0.15, -0.1) is 0 Å². The molecule has 0 aliphatic heterocycles. The molecule has 2 N–H and O–H groups in total. The van der Waals surface area contributed by atoms with E-state index in [9.17, 15) is 0 Å². The number of hydrogen-bond donors (Lipinski definition) is 2. The molecule has 0 unspecified atom stereocenters. The molecule has 0 saturated heterocycles. The molecule has 128 valence electrons. The lowest BCUT2D eigenvalue weighted by Crippen LogP contribution is -2.01. The minimum Gasteiger partial charge on any atom is -0.366 e. The third-order valence-corrected chi connectivity index (χ3v) is 4.32. The second kappa shape index (κ2) is 6.57. The summed E-state index contributed by atoms with van der Waals surface area (Å²) >= 11 is 6.09. The summed E-state index contributed by atoms with van der Waals surface area (Å²) in [5.41, 5.74) is 5.16. The van der Waals surface area contributed by atoms with Gasteiger partial charge in [-0.1, -0.05) is 47.5 Å². The number of fused-ring (bicyclic) bond motifs is 1. The first-order valence-corrected chi connectivity index (χ1v) is 8.46. The van der Waals surface area contributed by atoms with Crippen LogP contribution in [-0.4, -0.2) is 15.0 Å². The topological polar surface area (TPSA) is 53.6 Å². The lowest BCUT2D eigenvalue weighted by atomic mass is 10.1. The minimum atomic E-state index is 0. The first-order valence-electron chi connectivity index (χ1n) is 8.08. The van der Waals surface area contributed by atoms with E-state index in [1.54, 1.807) is 6.20 Å². The van der Waals surface area contributed by atoms with Crippen LogP contribution in [0, 0.1) is 6.92 Å². The van der Waals surface area contributed by atoms with Gasteiger partial charge in [-0.3, -0.25) is 0 Å². The smallest absolute Gasteiger partial charge is 0.138 e. The highest BCUT2D eigenvalue weighted by atomic mass is 35.5. The van der Waals surface area contributed by atoms with Gasteiger partial charge in [-0.25, -0.2) is 9.97 Å². The Morgan fingerprint density at radius 2 is 2.00 bits per heavy atom. The summed E-state index contributed by atoms with van der Waals surface area (Å²) in [5.74, 6) is 0.836. The first-order chi connectivity index (χ1) is 12.2. The summed E-state index contributed by atoms with van der Waals surface area (Å²) in [6.45, 7) is 2.82. The van der Waals surface area contributed by atoms with Gasteiger partial charge < -0.3 is 10.3 Å². The quantitative estimate of drug-likeness (QED) is 0.496. The maximum absolute atomic E-state index is 6.09. The van der Waals surface area contributed by atoms with Crippen LogP contribution in [0.5, 0.6) is 0 Å². The van der Waals surface area contributed by atoms with Gasteiger partial charge >= 0.3 is 0 Å². The van der Waals surface area contributed by atoms with E-state index in [0.717, 1.165) is 34.7 Å². The summed E-state index contributed by atoms with van der Waals surface area (Å²) in [7, 11) is 0. The summed E-state index contributed by atoms with van der Waals surface area (Å²) in [6, 6.07) is 16.3. The van der Waals surface area contributed by atoms with E-state index in [2.05, 4.69) is 46.5 Å². The zero-order valence-corrected chi connectivity index (χ0v) is 14.5. The van der Waals surface area contributed by atoms with E-state index in [4.69, 9.17) is 16.6 Å². The molecule has 0 spiro atoms. The molecule has 0 fully saturated rings. The second-order valence-electron chi connectivity index (χ2n) is 6.00. The Labute approximate surface area is 153 Å². The molecule has 4 rings (SSSR count). The first kappa shape index (κ1) is 15.7. The van der Waals surface area contributed by atoms with Gasteiger partial charge in [-0.2, -0.15) is 0 Å². The van der Waals surface area contributed by atoms with Crippen molar-refractivity contribution in [2.45, 2.75) is 13.5 Å². The zero-order valence-electron chi connectivity index (χ0n) is 13.8. The number of hydrogen-bond acceptors (Lipinski definition) is 3. The maximum atomic E-state index is 6.09. The number of benzene rings is 1. The predicted octanol–water partition coefficient (Wildman–Crippen LogP) is 5.69. The van der Waals surface area contributed by atoms with Crippen molar-refractivity contribution in [3.05, 3.63) is 77.1 Å². The van der Waals surface area contributed by atoms with Crippen LogP contribution in [0.1, 0.15) is 14.0 Å². The van der Waals surface area contributed by atoms with E-state index < -0.39 is 0 Å². The van der Waals surface area contributed by atoms with Crippen LogP contribution >= 0.6 is 11.6 Å². The van der Waals surface area contributed by atoms with E-state index in [-0.39, 0.29) is 2.85 Å². The number of aryl methyl sites for hydroxylation is 1. The van der Waals surface area contributed by atoms with Crippen molar-refractivity contribution in [3.63, 3.8) is 0 Å². The molecule has 5 heteroatoms. The van der Waals surface area contributed by atoms with E-state index in [0.29, 0.717) is 5.02 Å². The lowest BCUT2D eigenvalue weighted by Gasteiger charge is -2.08. The number of pyridine rings is 2. The van der Waals surface area contributed by atoms with Crippen LogP contribution < -0.4 is 5.32 Å². The van der Waals surface area contributed by atoms with Gasteiger partial charge in [0.2, 0.25) is 0 Å². The third-order valence-electron chi connectivity index (χ3n) is 4.12. The fourth-order valence-electron chi connectivity index (χ4n) is 2.77. The van der Waals surface area contributed by atoms with Crippen molar-refractivity contribution in [3.8, 4) is 11.3 Å². The van der Waals surface area contributed by atoms with Gasteiger partial charge in [0.15, 0.2) is 0 Å². The standard InChI is InChI=1S/C20H17ClN4.2H2/c1-13-5-7-14(8-6-13)10-22-19-4-2-3-18(25-19)17-12-24-20-16(17)9-15(21)11-23-20;;/h2-9,11-12H,10H2,1H3,(H,22,25)(H,23,24);2*1H. The van der Waals surface area contributed by atoms with Crippen LogP contribution in [-0.2, 0) is 6.54 Å². The Kier molecular flexibility index (Phi) is 4.12. The molecule has 0 bridgehead atoms. The number of nitrogens with zero attached hydrogens (tertiary/aromatic N) is 2. The van der Waals surface area contributed by atoms with Crippen molar-refractivity contribution in [2.75, 3.05) is 5.32 Å². The SMILES string of the molecule is Cc1ccc(CNc2cccc(-c3c[nH]c4ncc(Cl)cc34)n2)cc1.[HH].[HH]. The molecule has 0 atom stereocenters. The number of aromatic nitrogens is 3. The number of anilines is 1. The van der Waals surface area contributed by atoms with Crippen LogP contribution in [0.3, 0.4) is 0 Å². The van der Waals surface area contributed by atoms with E-state index in [1.165, 1.54) is 11.1 Å². The molecule has 0 aliphatic carbocycles. The Morgan fingerprint density at radius 3 is 2.84 bits per heavy atom. The van der Waals surface area contributed by atoms with Crippen molar-refractivity contribution in [1.29, 1.82) is 0 Å². The summed E-state index contributed by atoms with van der Waals surface area (Å²) in [6.07, 6.45) is 3.55. The third kappa shape index (κ3) is 3.35. The molecular weight excluding hydrogens is 332 g/mol. The molecule has 0 aliphatic rings. The molecular formula is C20H21ClN4. The van der Waals surface area contributed by atoms with Crippen molar-refractivity contribution >= 4 is 28.5 Å². The number of rotatable bonds is 4. The Hall–Kier alpha value is -2.85. The molecule has 4 aromatic rings.